The molecule has 0 heterocycles. The predicted octanol–water partition coefficient (Wildman–Crippen LogP) is 3.24. The number of sulfonamides is 1. The molecule has 1 N–H and O–H groups in total. The molecule has 0 saturated heterocycles. The summed E-state index contributed by atoms with van der Waals surface area (Å²) in [6.07, 6.45) is 2.11. The highest BCUT2D eigenvalue weighted by atomic mass is 32.2. The van der Waals surface area contributed by atoms with Gasteiger partial charge in [0.1, 0.15) is 5.75 Å². The SMILES string of the molecule is CCCCOc1ccc(NS(=O)(=O)CC)c(C)c1C. The standard InChI is InChI=1S/C14H23NO3S/c1-5-7-10-18-14-9-8-13(11(3)12(14)4)15-19(16,17)6-2/h8-9,15H,5-7,10H2,1-4H3. The molecule has 5 heteroatoms. The van der Waals surface area contributed by atoms with E-state index in [9.17, 15) is 8.42 Å². The van der Waals surface area contributed by atoms with Crippen LogP contribution < -0.4 is 9.46 Å². The fraction of sp³-hybridized carbons (Fsp3) is 0.571. The second-order valence-corrected chi connectivity index (χ2v) is 6.58. The lowest BCUT2D eigenvalue weighted by Gasteiger charge is -2.15. The molecule has 0 aliphatic carbocycles. The number of nitrogens with one attached hydrogen (secondary N) is 1. The van der Waals surface area contributed by atoms with Crippen molar-refractivity contribution in [2.75, 3.05) is 17.1 Å². The number of anilines is 1. The lowest BCUT2D eigenvalue weighted by atomic mass is 10.1. The lowest BCUT2D eigenvalue weighted by molar-refractivity contribution is 0.307. The van der Waals surface area contributed by atoms with Gasteiger partial charge in [0.2, 0.25) is 10.0 Å². The van der Waals surface area contributed by atoms with E-state index in [1.807, 2.05) is 19.9 Å². The number of ether oxygens (including phenoxy) is 1. The van der Waals surface area contributed by atoms with Crippen molar-refractivity contribution in [1.29, 1.82) is 0 Å². The summed E-state index contributed by atoms with van der Waals surface area (Å²) in [5.41, 5.74) is 2.51. The molecule has 1 aromatic carbocycles. The molecular formula is C14H23NO3S. The van der Waals surface area contributed by atoms with Crippen LogP contribution in [-0.2, 0) is 10.0 Å². The molecule has 0 radical (unpaired) electrons. The van der Waals surface area contributed by atoms with E-state index in [4.69, 9.17) is 4.74 Å². The van der Waals surface area contributed by atoms with Crippen LogP contribution in [0.2, 0.25) is 0 Å². The summed E-state index contributed by atoms with van der Waals surface area (Å²) in [5.74, 6) is 0.894. The Hall–Kier alpha value is -1.23. The van der Waals surface area contributed by atoms with Gasteiger partial charge in [-0.25, -0.2) is 8.42 Å². The molecule has 1 rings (SSSR count). The zero-order valence-corrected chi connectivity index (χ0v) is 12.9. The molecule has 0 spiro atoms. The maximum atomic E-state index is 11.6. The first-order valence-corrected chi connectivity index (χ1v) is 8.30. The van der Waals surface area contributed by atoms with E-state index in [1.54, 1.807) is 13.0 Å². The number of hydrogen-bond donors (Lipinski definition) is 1. The minimum Gasteiger partial charge on any atom is -0.493 e. The molecule has 0 fully saturated rings. The molecule has 0 amide bonds. The van der Waals surface area contributed by atoms with Gasteiger partial charge < -0.3 is 4.74 Å². The first-order chi connectivity index (χ1) is 8.91. The van der Waals surface area contributed by atoms with Crippen molar-refractivity contribution in [3.05, 3.63) is 23.3 Å². The lowest BCUT2D eigenvalue weighted by Crippen LogP contribution is -2.15. The van der Waals surface area contributed by atoms with Gasteiger partial charge in [-0.3, -0.25) is 4.72 Å². The van der Waals surface area contributed by atoms with Crippen LogP contribution in [0.1, 0.15) is 37.8 Å². The zero-order valence-electron chi connectivity index (χ0n) is 12.1. The van der Waals surface area contributed by atoms with Crippen molar-refractivity contribution in [3.63, 3.8) is 0 Å². The first kappa shape index (κ1) is 15.8. The van der Waals surface area contributed by atoms with Crippen LogP contribution in [0.5, 0.6) is 5.75 Å². The van der Waals surface area contributed by atoms with Crippen LogP contribution in [0.25, 0.3) is 0 Å². The van der Waals surface area contributed by atoms with Crippen LogP contribution in [0.3, 0.4) is 0 Å². The van der Waals surface area contributed by atoms with Crippen molar-refractivity contribution in [2.24, 2.45) is 0 Å². The summed E-state index contributed by atoms with van der Waals surface area (Å²) < 4.78 is 31.5. The van der Waals surface area contributed by atoms with Crippen LogP contribution >= 0.6 is 0 Å². The van der Waals surface area contributed by atoms with Gasteiger partial charge in [-0.15, -0.1) is 0 Å². The zero-order chi connectivity index (χ0) is 14.5. The maximum absolute atomic E-state index is 11.6. The topological polar surface area (TPSA) is 55.4 Å². The summed E-state index contributed by atoms with van der Waals surface area (Å²) in [6.45, 7) is 8.27. The summed E-state index contributed by atoms with van der Waals surface area (Å²) in [7, 11) is -3.24. The number of rotatable bonds is 7. The Labute approximate surface area is 116 Å². The molecule has 4 nitrogen and oxygen atoms in total. The number of hydrogen-bond acceptors (Lipinski definition) is 3. The largest absolute Gasteiger partial charge is 0.493 e. The van der Waals surface area contributed by atoms with Gasteiger partial charge >= 0.3 is 0 Å². The normalized spacial score (nSPS) is 11.4. The van der Waals surface area contributed by atoms with Gasteiger partial charge in [0.15, 0.2) is 0 Å². The smallest absolute Gasteiger partial charge is 0.232 e. The Bertz CT molecular complexity index is 524. The third kappa shape index (κ3) is 4.42. The van der Waals surface area contributed by atoms with Crippen molar-refractivity contribution in [1.82, 2.24) is 0 Å². The van der Waals surface area contributed by atoms with Gasteiger partial charge in [-0.05, 0) is 50.5 Å². The highest BCUT2D eigenvalue weighted by Crippen LogP contribution is 2.28. The maximum Gasteiger partial charge on any atom is 0.232 e. The Morgan fingerprint density at radius 1 is 1.16 bits per heavy atom. The molecule has 0 aliphatic rings. The van der Waals surface area contributed by atoms with Crippen LogP contribution in [0, 0.1) is 13.8 Å². The Morgan fingerprint density at radius 2 is 1.84 bits per heavy atom. The monoisotopic (exact) mass is 285 g/mol. The highest BCUT2D eigenvalue weighted by Gasteiger charge is 2.12. The second-order valence-electron chi connectivity index (χ2n) is 4.57. The molecule has 19 heavy (non-hydrogen) atoms. The van der Waals surface area contributed by atoms with E-state index < -0.39 is 10.0 Å². The van der Waals surface area contributed by atoms with E-state index in [0.717, 1.165) is 29.7 Å². The van der Waals surface area contributed by atoms with Gasteiger partial charge in [0.25, 0.3) is 0 Å². The van der Waals surface area contributed by atoms with Crippen LogP contribution in [-0.4, -0.2) is 20.8 Å². The summed E-state index contributed by atoms with van der Waals surface area (Å²) in [6, 6.07) is 3.59. The Kier molecular flexibility index (Phi) is 5.66. The third-order valence-electron chi connectivity index (χ3n) is 3.14. The van der Waals surface area contributed by atoms with E-state index >= 15 is 0 Å². The Morgan fingerprint density at radius 3 is 2.42 bits per heavy atom. The van der Waals surface area contributed by atoms with Crippen molar-refractivity contribution < 1.29 is 13.2 Å². The van der Waals surface area contributed by atoms with Crippen LogP contribution in [0.4, 0.5) is 5.69 Å². The van der Waals surface area contributed by atoms with E-state index in [-0.39, 0.29) is 5.75 Å². The minimum absolute atomic E-state index is 0.0697. The molecular weight excluding hydrogens is 262 g/mol. The van der Waals surface area contributed by atoms with Gasteiger partial charge in [-0.2, -0.15) is 0 Å². The average Bonchev–Trinajstić information content (AvgIpc) is 2.38. The fourth-order valence-electron chi connectivity index (χ4n) is 1.63. The second kappa shape index (κ2) is 6.80. The van der Waals surface area contributed by atoms with Crippen LogP contribution in [0.15, 0.2) is 12.1 Å². The molecule has 0 bridgehead atoms. The highest BCUT2D eigenvalue weighted by molar-refractivity contribution is 7.92. The van der Waals surface area contributed by atoms with E-state index in [0.29, 0.717) is 12.3 Å². The summed E-state index contributed by atoms with van der Waals surface area (Å²) in [5, 5.41) is 0. The van der Waals surface area contributed by atoms with Crippen molar-refractivity contribution in [3.8, 4) is 5.75 Å². The van der Waals surface area contributed by atoms with Crippen molar-refractivity contribution in [2.45, 2.75) is 40.5 Å². The average molecular weight is 285 g/mol. The van der Waals surface area contributed by atoms with Gasteiger partial charge in [0.05, 0.1) is 18.0 Å². The molecule has 0 unspecified atom stereocenters. The predicted molar refractivity (Wildman–Crippen MR) is 79.4 cm³/mol. The third-order valence-corrected chi connectivity index (χ3v) is 4.43. The molecule has 0 aromatic heterocycles. The minimum atomic E-state index is -3.24. The van der Waals surface area contributed by atoms with E-state index in [1.165, 1.54) is 0 Å². The Balaban J connectivity index is 2.91. The quantitative estimate of drug-likeness (QED) is 0.782. The molecule has 1 aromatic rings. The number of unbranched alkanes of at least 4 members (excludes halogenated alkanes) is 1. The van der Waals surface area contributed by atoms with Gasteiger partial charge in [-0.1, -0.05) is 13.3 Å². The summed E-state index contributed by atoms with van der Waals surface area (Å²) in [4.78, 5) is 0. The number of benzene rings is 1. The molecule has 0 saturated carbocycles. The summed E-state index contributed by atoms with van der Waals surface area (Å²) >= 11 is 0. The first-order valence-electron chi connectivity index (χ1n) is 6.64. The molecule has 0 atom stereocenters. The fourth-order valence-corrected chi connectivity index (χ4v) is 2.33. The van der Waals surface area contributed by atoms with Gasteiger partial charge in [0, 0.05) is 0 Å². The molecule has 0 aliphatic heterocycles. The van der Waals surface area contributed by atoms with Crippen molar-refractivity contribution >= 4 is 15.7 Å². The molecule has 108 valence electrons. The van der Waals surface area contributed by atoms with E-state index in [2.05, 4.69) is 11.6 Å².